The number of hydrogen-bond donors (Lipinski definition) is 1. The van der Waals surface area contributed by atoms with Gasteiger partial charge in [-0.05, 0) is 48.4 Å². The van der Waals surface area contributed by atoms with Crippen molar-refractivity contribution in [2.24, 2.45) is 0 Å². The fourth-order valence-corrected chi connectivity index (χ4v) is 4.82. The van der Waals surface area contributed by atoms with Crippen LogP contribution in [0.1, 0.15) is 38.7 Å². The second kappa shape index (κ2) is 10.7. The van der Waals surface area contributed by atoms with Crippen LogP contribution >= 0.6 is 0 Å². The summed E-state index contributed by atoms with van der Waals surface area (Å²) in [6, 6.07) is 29.6. The summed E-state index contributed by atoms with van der Waals surface area (Å²) in [5.41, 5.74) is 4.00. The van der Waals surface area contributed by atoms with Crippen LogP contribution in [0.3, 0.4) is 0 Å². The zero-order chi connectivity index (χ0) is 25.7. The van der Waals surface area contributed by atoms with Gasteiger partial charge in [0, 0.05) is 11.1 Å². The molecule has 0 unspecified atom stereocenters. The highest BCUT2D eigenvalue weighted by Gasteiger charge is 2.21. The summed E-state index contributed by atoms with van der Waals surface area (Å²) in [5.74, 6) is -0.777. The van der Waals surface area contributed by atoms with Crippen LogP contribution in [0.2, 0.25) is 0 Å². The summed E-state index contributed by atoms with van der Waals surface area (Å²) in [5, 5.41) is 3.09. The van der Waals surface area contributed by atoms with Gasteiger partial charge in [0.15, 0.2) is 0 Å². The summed E-state index contributed by atoms with van der Waals surface area (Å²) in [6.45, 7) is 1.86. The Morgan fingerprint density at radius 3 is 2.03 bits per heavy atom. The van der Waals surface area contributed by atoms with E-state index in [1.807, 2.05) is 61.5 Å². The molecule has 0 heterocycles. The standard InChI is InChI=1S/C29H27FN2O3S/c1-21-12-14-23(15-13-21)28(22-8-4-3-5-9-22)31-29(33)24-16-18-26(19-17-24)32(36(2,34)35)20-25-10-6-7-11-27(25)30/h3-19,28H,20H2,1-2H3,(H,31,33)/t28-/m0/s1. The summed E-state index contributed by atoms with van der Waals surface area (Å²) in [7, 11) is -3.69. The molecule has 0 spiro atoms. The van der Waals surface area contributed by atoms with Gasteiger partial charge in [0.1, 0.15) is 5.82 Å². The second-order valence-electron chi connectivity index (χ2n) is 8.64. The monoisotopic (exact) mass is 502 g/mol. The molecule has 1 atom stereocenters. The summed E-state index contributed by atoms with van der Waals surface area (Å²) in [6.07, 6.45) is 1.07. The Kier molecular flexibility index (Phi) is 7.50. The first-order chi connectivity index (χ1) is 17.2. The minimum absolute atomic E-state index is 0.152. The number of rotatable bonds is 8. The Morgan fingerprint density at radius 1 is 0.833 bits per heavy atom. The molecule has 1 amide bonds. The molecule has 0 aromatic heterocycles. The fraction of sp³-hybridized carbons (Fsp3) is 0.138. The van der Waals surface area contributed by atoms with E-state index in [1.165, 1.54) is 6.07 Å². The lowest BCUT2D eigenvalue weighted by Gasteiger charge is -2.23. The predicted molar refractivity (Wildman–Crippen MR) is 141 cm³/mol. The van der Waals surface area contributed by atoms with Crippen LogP contribution < -0.4 is 9.62 Å². The SMILES string of the molecule is Cc1ccc([C@@H](NC(=O)c2ccc(N(Cc3ccccc3F)S(C)(=O)=O)cc2)c2ccccc2)cc1. The van der Waals surface area contributed by atoms with Crippen molar-refractivity contribution in [3.05, 3.63) is 137 Å². The third kappa shape index (κ3) is 5.98. The number of aryl methyl sites for hydroxylation is 1. The lowest BCUT2D eigenvalue weighted by molar-refractivity contribution is 0.0943. The number of nitrogens with zero attached hydrogens (tertiary/aromatic N) is 1. The van der Waals surface area contributed by atoms with Crippen molar-refractivity contribution in [3.8, 4) is 0 Å². The van der Waals surface area contributed by atoms with Gasteiger partial charge in [0.05, 0.1) is 24.5 Å². The molecule has 0 bridgehead atoms. The van der Waals surface area contributed by atoms with Crippen molar-refractivity contribution in [2.45, 2.75) is 19.5 Å². The Hall–Kier alpha value is -3.97. The normalized spacial score (nSPS) is 12.1. The Labute approximate surface area is 211 Å². The Balaban J connectivity index is 1.58. The van der Waals surface area contributed by atoms with E-state index in [9.17, 15) is 17.6 Å². The molecule has 4 aromatic rings. The van der Waals surface area contributed by atoms with Crippen LogP contribution in [0.4, 0.5) is 10.1 Å². The first kappa shape index (κ1) is 25.1. The molecule has 0 aliphatic carbocycles. The van der Waals surface area contributed by atoms with Gasteiger partial charge in [-0.1, -0.05) is 78.4 Å². The maximum absolute atomic E-state index is 14.2. The number of anilines is 1. The molecule has 1 N–H and O–H groups in total. The topological polar surface area (TPSA) is 66.5 Å². The molecule has 7 heteroatoms. The summed E-state index contributed by atoms with van der Waals surface area (Å²) < 4.78 is 40.2. The van der Waals surface area contributed by atoms with Crippen molar-refractivity contribution in [3.63, 3.8) is 0 Å². The minimum Gasteiger partial charge on any atom is -0.341 e. The van der Waals surface area contributed by atoms with E-state index in [0.29, 0.717) is 11.3 Å². The molecule has 0 saturated heterocycles. The number of carbonyl (C=O) groups excluding carboxylic acids is 1. The number of amides is 1. The predicted octanol–water partition coefficient (Wildman–Crippen LogP) is 5.62. The smallest absolute Gasteiger partial charge is 0.252 e. The average Bonchev–Trinajstić information content (AvgIpc) is 2.87. The third-order valence-electron chi connectivity index (χ3n) is 5.91. The molecule has 0 radical (unpaired) electrons. The van der Waals surface area contributed by atoms with E-state index in [4.69, 9.17) is 0 Å². The number of sulfonamides is 1. The average molecular weight is 503 g/mol. The van der Waals surface area contributed by atoms with Gasteiger partial charge < -0.3 is 5.32 Å². The minimum atomic E-state index is -3.69. The molecule has 4 aromatic carbocycles. The van der Waals surface area contributed by atoms with Crippen molar-refractivity contribution in [1.82, 2.24) is 5.32 Å². The third-order valence-corrected chi connectivity index (χ3v) is 7.05. The Bertz CT molecular complexity index is 1440. The Morgan fingerprint density at radius 2 is 1.42 bits per heavy atom. The molecule has 0 fully saturated rings. The molecule has 0 saturated carbocycles. The largest absolute Gasteiger partial charge is 0.341 e. The lowest BCUT2D eigenvalue weighted by Crippen LogP contribution is -2.30. The van der Waals surface area contributed by atoms with E-state index in [1.54, 1.807) is 42.5 Å². The van der Waals surface area contributed by atoms with Gasteiger partial charge in [-0.2, -0.15) is 0 Å². The van der Waals surface area contributed by atoms with Gasteiger partial charge >= 0.3 is 0 Å². The van der Waals surface area contributed by atoms with Gasteiger partial charge in [-0.25, -0.2) is 12.8 Å². The summed E-state index contributed by atoms with van der Waals surface area (Å²) in [4.78, 5) is 13.2. The number of hydrogen-bond acceptors (Lipinski definition) is 3. The fourth-order valence-electron chi connectivity index (χ4n) is 3.94. The van der Waals surface area contributed by atoms with E-state index in [2.05, 4.69) is 5.32 Å². The van der Waals surface area contributed by atoms with E-state index >= 15 is 0 Å². The van der Waals surface area contributed by atoms with Crippen molar-refractivity contribution < 1.29 is 17.6 Å². The van der Waals surface area contributed by atoms with Gasteiger partial charge in [0.2, 0.25) is 10.0 Å². The highest BCUT2D eigenvalue weighted by molar-refractivity contribution is 7.92. The zero-order valence-electron chi connectivity index (χ0n) is 20.1. The van der Waals surface area contributed by atoms with Gasteiger partial charge in [-0.15, -0.1) is 0 Å². The van der Waals surface area contributed by atoms with Gasteiger partial charge in [-0.3, -0.25) is 9.10 Å². The van der Waals surface area contributed by atoms with Crippen LogP contribution in [0.25, 0.3) is 0 Å². The van der Waals surface area contributed by atoms with E-state index < -0.39 is 15.8 Å². The molecule has 0 aliphatic heterocycles. The highest BCUT2D eigenvalue weighted by Crippen LogP contribution is 2.25. The molecular formula is C29H27FN2O3S. The quantitative estimate of drug-likeness (QED) is 0.340. The van der Waals surface area contributed by atoms with Crippen molar-refractivity contribution in [2.75, 3.05) is 10.6 Å². The maximum Gasteiger partial charge on any atom is 0.252 e. The molecule has 0 aliphatic rings. The molecular weight excluding hydrogens is 475 g/mol. The number of nitrogens with one attached hydrogen (secondary N) is 1. The zero-order valence-corrected chi connectivity index (χ0v) is 20.9. The first-order valence-corrected chi connectivity index (χ1v) is 13.3. The van der Waals surface area contributed by atoms with Crippen LogP contribution in [0.5, 0.6) is 0 Å². The molecule has 36 heavy (non-hydrogen) atoms. The van der Waals surface area contributed by atoms with Crippen molar-refractivity contribution in [1.29, 1.82) is 0 Å². The lowest BCUT2D eigenvalue weighted by atomic mass is 9.97. The number of halogens is 1. The molecule has 5 nitrogen and oxygen atoms in total. The first-order valence-electron chi connectivity index (χ1n) is 11.5. The second-order valence-corrected chi connectivity index (χ2v) is 10.5. The number of benzene rings is 4. The van der Waals surface area contributed by atoms with E-state index in [0.717, 1.165) is 27.3 Å². The summed E-state index contributed by atoms with van der Waals surface area (Å²) >= 11 is 0. The van der Waals surface area contributed by atoms with Crippen molar-refractivity contribution >= 4 is 21.6 Å². The van der Waals surface area contributed by atoms with E-state index in [-0.39, 0.29) is 24.1 Å². The van der Waals surface area contributed by atoms with Crippen LogP contribution in [-0.2, 0) is 16.6 Å². The van der Waals surface area contributed by atoms with Gasteiger partial charge in [0.25, 0.3) is 5.91 Å². The maximum atomic E-state index is 14.2. The molecule has 184 valence electrons. The highest BCUT2D eigenvalue weighted by atomic mass is 32.2. The molecule has 4 rings (SSSR count). The van der Waals surface area contributed by atoms with Crippen LogP contribution in [0, 0.1) is 12.7 Å². The van der Waals surface area contributed by atoms with Crippen LogP contribution in [0.15, 0.2) is 103 Å². The number of carbonyl (C=O) groups is 1. The van der Waals surface area contributed by atoms with Crippen LogP contribution in [-0.4, -0.2) is 20.6 Å².